The van der Waals surface area contributed by atoms with E-state index in [1.165, 1.54) is 0 Å². The van der Waals surface area contributed by atoms with Gasteiger partial charge < -0.3 is 18.9 Å². The number of aromatic nitrogens is 4. The molecule has 0 radical (unpaired) electrons. The Hall–Kier alpha value is -5.48. The van der Waals surface area contributed by atoms with Gasteiger partial charge in [-0.2, -0.15) is 0 Å². The molecule has 0 aliphatic rings. The number of pyridine rings is 4. The van der Waals surface area contributed by atoms with Crippen LogP contribution in [0.2, 0.25) is 0 Å². The SMILES string of the molecule is COc1ccc2nc(CN(CCN(Cc3ccc4cc(OC)ccc4n3)Cc3ccc4cc(OC)ccc4n3)Cc3ccc4cc(OC)ccc4n3)ccc2c1.[O-][Cl+3]([O-])([O-])[O-].[O-][Cl+3]([O-])([O-])[O-].[Zn+2]. The van der Waals surface area contributed by atoms with Crippen LogP contribution in [0.5, 0.6) is 23.0 Å². The predicted molar refractivity (Wildman–Crippen MR) is 221 cm³/mol. The number of nitrogens with zero attached hydrogens (tertiary/aromatic N) is 6. The van der Waals surface area contributed by atoms with E-state index in [9.17, 15) is 0 Å². The molecule has 0 fully saturated rings. The third-order valence-corrected chi connectivity index (χ3v) is 10.1. The molecule has 0 amide bonds. The summed E-state index contributed by atoms with van der Waals surface area (Å²) >= 11 is 0. The summed E-state index contributed by atoms with van der Waals surface area (Å²) in [5, 5.41) is 4.17. The molecule has 0 aliphatic carbocycles. The fourth-order valence-corrected chi connectivity index (χ4v) is 7.07. The fraction of sp³-hybridized carbons (Fsp3) is 0.217. The van der Waals surface area contributed by atoms with Crippen LogP contribution < -0.4 is 56.2 Å². The number of ether oxygens (including phenoxy) is 4. The zero-order chi connectivity index (χ0) is 47.4. The molecule has 8 aromatic rings. The molecule has 0 bridgehead atoms. The van der Waals surface area contributed by atoms with Crippen molar-refractivity contribution in [1.29, 1.82) is 0 Å². The zero-order valence-corrected chi connectivity index (χ0v) is 41.3. The van der Waals surface area contributed by atoms with Crippen LogP contribution in [0, 0.1) is 20.5 Å². The van der Waals surface area contributed by atoms with Crippen LogP contribution in [-0.2, 0) is 45.7 Å². The average molecular weight is 1010 g/mol. The maximum Gasteiger partial charge on any atom is 2.00 e. The molecule has 4 heterocycles. The number of fused-ring (bicyclic) bond motifs is 4. The molecule has 0 saturated carbocycles. The molecule has 21 heteroatoms. The van der Waals surface area contributed by atoms with E-state index in [0.717, 1.165) is 102 Å². The van der Waals surface area contributed by atoms with Gasteiger partial charge in [-0.1, -0.05) is 24.3 Å². The standard InChI is InChI=1S/C46H44N6O4.2ClHO4.Zn/c1-53-39-13-17-43-31(23-39)5-9-35(47-43)27-51(28-36-10-6-32-24-40(54-2)14-18-44(32)48-36)21-22-52(29-37-11-7-33-25-41(55-3)15-19-45(33)49-37)30-38-12-8-34-26-42(56-4)16-20-46(34)50-38;2*2-1(3,4)5;/h5-20,23-26H,21-22,27-30H2,1-4H3;2*(H,2,3,4,5);/q;;;+2/p-2. The van der Waals surface area contributed by atoms with E-state index < -0.39 is 20.5 Å². The van der Waals surface area contributed by atoms with Crippen molar-refractivity contribution >= 4 is 43.6 Å². The number of methoxy groups -OCH3 is 4. The molecule has 4 aromatic heterocycles. The van der Waals surface area contributed by atoms with E-state index in [1.807, 2.05) is 72.8 Å². The molecule has 4 aromatic carbocycles. The van der Waals surface area contributed by atoms with Gasteiger partial charge in [0.15, 0.2) is 0 Å². The van der Waals surface area contributed by atoms with Crippen molar-refractivity contribution in [3.63, 3.8) is 0 Å². The molecule has 0 spiro atoms. The van der Waals surface area contributed by atoms with Gasteiger partial charge in [-0.05, 0) is 97.1 Å². The van der Waals surface area contributed by atoms with Crippen molar-refractivity contribution in [2.75, 3.05) is 41.5 Å². The maximum absolute atomic E-state index is 8.49. The second-order valence-electron chi connectivity index (χ2n) is 14.6. The summed E-state index contributed by atoms with van der Waals surface area (Å²) in [5.74, 6) is 3.26. The summed E-state index contributed by atoms with van der Waals surface area (Å²) in [7, 11) is -3.16. The quantitative estimate of drug-likeness (QED) is 0.113. The van der Waals surface area contributed by atoms with Crippen LogP contribution in [0.25, 0.3) is 43.6 Å². The first-order valence-electron chi connectivity index (χ1n) is 19.9. The van der Waals surface area contributed by atoms with E-state index in [2.05, 4.69) is 58.3 Å². The van der Waals surface area contributed by atoms with E-state index >= 15 is 0 Å². The molecule has 67 heavy (non-hydrogen) atoms. The van der Waals surface area contributed by atoms with Gasteiger partial charge in [-0.15, -0.1) is 20.5 Å². The molecule has 0 N–H and O–H groups in total. The minimum absolute atomic E-state index is 0. The Balaban J connectivity index is 0.000000693. The molecule has 0 aliphatic heterocycles. The third-order valence-electron chi connectivity index (χ3n) is 10.1. The zero-order valence-electron chi connectivity index (χ0n) is 36.8. The van der Waals surface area contributed by atoms with E-state index in [0.29, 0.717) is 26.2 Å². The van der Waals surface area contributed by atoms with E-state index in [-0.39, 0.29) is 19.5 Å². The Morgan fingerprint density at radius 1 is 0.358 bits per heavy atom. The minimum atomic E-state index is -4.94. The smallest absolute Gasteiger partial charge is 0.497 e. The van der Waals surface area contributed by atoms with Crippen LogP contribution in [0.15, 0.2) is 121 Å². The molecule has 0 unspecified atom stereocenters. The van der Waals surface area contributed by atoms with Crippen molar-refractivity contribution in [2.45, 2.75) is 26.2 Å². The second-order valence-corrected chi connectivity index (χ2v) is 16.1. The first-order chi connectivity index (χ1) is 31.4. The Kier molecular flexibility index (Phi) is 18.8. The van der Waals surface area contributed by atoms with Crippen molar-refractivity contribution in [3.8, 4) is 23.0 Å². The number of hydrogen-bond donors (Lipinski definition) is 0. The second kappa shape index (κ2) is 24.0. The van der Waals surface area contributed by atoms with Gasteiger partial charge in [-0.25, -0.2) is 37.3 Å². The summed E-state index contributed by atoms with van der Waals surface area (Å²) in [6, 6.07) is 40.9. The van der Waals surface area contributed by atoms with E-state index in [1.54, 1.807) is 28.4 Å². The minimum Gasteiger partial charge on any atom is -0.497 e. The Labute approximate surface area is 402 Å². The van der Waals surface area contributed by atoms with Gasteiger partial charge in [0.05, 0.1) is 73.3 Å². The first-order valence-corrected chi connectivity index (χ1v) is 22.3. The molecule has 18 nitrogen and oxygen atoms in total. The molecular formula is C46H44Cl2N6O12Zn. The number of benzene rings is 4. The van der Waals surface area contributed by atoms with Crippen LogP contribution in [-0.4, -0.2) is 71.3 Å². The monoisotopic (exact) mass is 1010 g/mol. The number of halogens is 2. The van der Waals surface area contributed by atoms with Gasteiger partial charge >= 0.3 is 19.5 Å². The van der Waals surface area contributed by atoms with Gasteiger partial charge in [0.1, 0.15) is 23.0 Å². The summed E-state index contributed by atoms with van der Waals surface area (Å²) in [4.78, 5) is 25.1. The van der Waals surface area contributed by atoms with E-state index in [4.69, 9.17) is 76.2 Å². The first kappa shape index (κ1) is 52.5. The Morgan fingerprint density at radius 2 is 0.567 bits per heavy atom. The normalized spacial score (nSPS) is 11.5. The Morgan fingerprint density at radius 3 is 0.761 bits per heavy atom. The van der Waals surface area contributed by atoms with Crippen molar-refractivity contribution in [3.05, 3.63) is 144 Å². The van der Waals surface area contributed by atoms with Crippen molar-refractivity contribution < 1.29 is 96.2 Å². The van der Waals surface area contributed by atoms with Gasteiger partial charge in [0.25, 0.3) is 0 Å². The predicted octanol–water partition coefficient (Wildman–Crippen LogP) is -0.896. The summed E-state index contributed by atoms with van der Waals surface area (Å²) < 4.78 is 89.8. The fourth-order valence-electron chi connectivity index (χ4n) is 7.07. The largest absolute Gasteiger partial charge is 2.00 e. The number of rotatable bonds is 15. The molecule has 346 valence electrons. The van der Waals surface area contributed by atoms with Crippen LogP contribution in [0.3, 0.4) is 0 Å². The third kappa shape index (κ3) is 16.7. The maximum atomic E-state index is 8.49. The van der Waals surface area contributed by atoms with Gasteiger partial charge in [-0.3, -0.25) is 29.7 Å². The Bertz CT molecular complexity index is 2510. The molecule has 0 atom stereocenters. The molecule has 8 rings (SSSR count). The number of hydrogen-bond acceptors (Lipinski definition) is 18. The van der Waals surface area contributed by atoms with Gasteiger partial charge in [0.2, 0.25) is 0 Å². The summed E-state index contributed by atoms with van der Waals surface area (Å²) in [5.41, 5.74) is 7.67. The van der Waals surface area contributed by atoms with Crippen LogP contribution in [0.4, 0.5) is 0 Å². The van der Waals surface area contributed by atoms with Crippen molar-refractivity contribution in [2.24, 2.45) is 0 Å². The molecular weight excluding hydrogens is 965 g/mol. The van der Waals surface area contributed by atoms with Crippen molar-refractivity contribution in [1.82, 2.24) is 29.7 Å². The molecule has 0 saturated heterocycles. The average Bonchev–Trinajstić information content (AvgIpc) is 3.28. The van der Waals surface area contributed by atoms with Crippen LogP contribution >= 0.6 is 0 Å². The van der Waals surface area contributed by atoms with Gasteiger partial charge in [0, 0.05) is 60.8 Å². The van der Waals surface area contributed by atoms with Crippen LogP contribution in [0.1, 0.15) is 22.8 Å². The summed E-state index contributed by atoms with van der Waals surface area (Å²) in [6.07, 6.45) is 0. The summed E-state index contributed by atoms with van der Waals surface area (Å²) in [6.45, 7) is 4.07. The topological polar surface area (TPSA) is 279 Å².